The van der Waals surface area contributed by atoms with Gasteiger partial charge in [0.1, 0.15) is 55.4 Å². The molecule has 0 saturated carbocycles. The van der Waals surface area contributed by atoms with Crippen molar-refractivity contribution in [3.8, 4) is 0 Å². The van der Waals surface area contributed by atoms with Crippen LogP contribution in [0.1, 0.15) is 232 Å². The lowest BCUT2D eigenvalue weighted by molar-refractivity contribution is -0.332. The Kier molecular flexibility index (Phi) is 37.8. The molecule has 0 radical (unpaired) electrons. The summed E-state index contributed by atoms with van der Waals surface area (Å²) in [7, 11) is 0. The first kappa shape index (κ1) is 62.6. The van der Waals surface area contributed by atoms with E-state index in [9.17, 15) is 45.3 Å². The first-order chi connectivity index (χ1) is 33.0. The van der Waals surface area contributed by atoms with Gasteiger partial charge in [-0.15, -0.1) is 0 Å². The molecule has 2 rings (SSSR count). The molecule has 0 bridgehead atoms. The van der Waals surface area contributed by atoms with E-state index in [2.05, 4.69) is 13.8 Å². The van der Waals surface area contributed by atoms with Crippen LogP contribution in [-0.2, 0) is 38.0 Å². The van der Waals surface area contributed by atoms with Crippen LogP contribution >= 0.6 is 0 Å². The second-order valence-electron chi connectivity index (χ2n) is 19.8. The minimum Gasteiger partial charge on any atom is -0.462 e. The maximum absolute atomic E-state index is 13.0. The van der Waals surface area contributed by atoms with Crippen LogP contribution in [0.25, 0.3) is 0 Å². The molecule has 15 nitrogen and oxygen atoms in total. The number of carbonyl (C=O) groups is 2. The molecule has 7 N–H and O–H groups in total. The Hall–Kier alpha value is -1.50. The van der Waals surface area contributed by atoms with Gasteiger partial charge in [0.2, 0.25) is 0 Å². The molecule has 68 heavy (non-hydrogen) atoms. The average molecular weight is 977 g/mol. The van der Waals surface area contributed by atoms with Crippen molar-refractivity contribution in [1.29, 1.82) is 0 Å². The highest BCUT2D eigenvalue weighted by molar-refractivity contribution is 5.70. The molecule has 2 fully saturated rings. The maximum Gasteiger partial charge on any atom is 0.306 e. The predicted molar refractivity (Wildman–Crippen MR) is 262 cm³/mol. The van der Waals surface area contributed by atoms with Crippen LogP contribution in [0.4, 0.5) is 0 Å². The molecule has 0 aliphatic carbocycles. The quantitative estimate of drug-likeness (QED) is 0.0225. The Labute approximate surface area is 410 Å². The number of carbonyl (C=O) groups excluding carboxylic acids is 2. The van der Waals surface area contributed by atoms with Crippen molar-refractivity contribution in [2.75, 3.05) is 26.4 Å². The number of unbranched alkanes of at least 4 members (excludes halogenated alkanes) is 30. The molecule has 402 valence electrons. The van der Waals surface area contributed by atoms with Crippen LogP contribution in [0.3, 0.4) is 0 Å². The number of hydrogen-bond acceptors (Lipinski definition) is 15. The third-order valence-corrected chi connectivity index (χ3v) is 13.6. The fourth-order valence-electron chi connectivity index (χ4n) is 9.04. The molecule has 0 aromatic carbocycles. The van der Waals surface area contributed by atoms with Crippen LogP contribution in [0, 0.1) is 0 Å². The van der Waals surface area contributed by atoms with E-state index in [0.717, 1.165) is 38.5 Å². The van der Waals surface area contributed by atoms with Crippen molar-refractivity contribution in [1.82, 2.24) is 0 Å². The van der Waals surface area contributed by atoms with E-state index >= 15 is 0 Å². The minimum atomic E-state index is -1.76. The van der Waals surface area contributed by atoms with Crippen molar-refractivity contribution < 1.29 is 73.8 Å². The summed E-state index contributed by atoms with van der Waals surface area (Å²) < 4.78 is 33.6. The molecule has 0 amide bonds. The topological polar surface area (TPSA) is 231 Å². The largest absolute Gasteiger partial charge is 0.462 e. The van der Waals surface area contributed by atoms with Gasteiger partial charge in [-0.1, -0.05) is 206 Å². The van der Waals surface area contributed by atoms with Crippen LogP contribution in [0.2, 0.25) is 0 Å². The molecule has 2 aliphatic heterocycles. The third-order valence-electron chi connectivity index (χ3n) is 13.6. The summed E-state index contributed by atoms with van der Waals surface area (Å²) in [6.07, 6.45) is 22.7. The average Bonchev–Trinajstić information content (AvgIpc) is 3.33. The SMILES string of the molecule is CCCCCCCCCCCCCCCCCCCCCC(=O)OC[C@@H](CO[C@@H]1O[C@H](CO[C@H]2O[C@H](CO)[C@H](O)[C@H](O)[C@H]2O)[C@H](O)[C@H](O)[C@H]1O)OC(=O)CCCCCCCCCCCCCCC. The van der Waals surface area contributed by atoms with Gasteiger partial charge in [0, 0.05) is 12.8 Å². The highest BCUT2D eigenvalue weighted by atomic mass is 16.7. The minimum absolute atomic E-state index is 0.173. The molecule has 0 spiro atoms. The van der Waals surface area contributed by atoms with Gasteiger partial charge < -0.3 is 64.2 Å². The van der Waals surface area contributed by atoms with Crippen molar-refractivity contribution in [2.45, 2.75) is 300 Å². The molecule has 11 atom stereocenters. The molecular formula is C53H100O15. The second-order valence-corrected chi connectivity index (χ2v) is 19.8. The lowest BCUT2D eigenvalue weighted by atomic mass is 9.98. The van der Waals surface area contributed by atoms with Gasteiger partial charge in [0.25, 0.3) is 0 Å². The summed E-state index contributed by atoms with van der Waals surface area (Å²) >= 11 is 0. The summed E-state index contributed by atoms with van der Waals surface area (Å²) in [6, 6.07) is 0. The number of hydrogen-bond donors (Lipinski definition) is 7. The van der Waals surface area contributed by atoms with Crippen molar-refractivity contribution in [3.63, 3.8) is 0 Å². The van der Waals surface area contributed by atoms with Crippen LogP contribution in [0.5, 0.6) is 0 Å². The van der Waals surface area contributed by atoms with Crippen molar-refractivity contribution in [3.05, 3.63) is 0 Å². The zero-order valence-corrected chi connectivity index (χ0v) is 42.6. The fourth-order valence-corrected chi connectivity index (χ4v) is 9.04. The first-order valence-electron chi connectivity index (χ1n) is 27.6. The van der Waals surface area contributed by atoms with E-state index in [1.54, 1.807) is 0 Å². The highest BCUT2D eigenvalue weighted by Gasteiger charge is 2.47. The summed E-state index contributed by atoms with van der Waals surface area (Å²) in [6.45, 7) is 2.63. The van der Waals surface area contributed by atoms with Crippen LogP contribution in [0.15, 0.2) is 0 Å². The second kappa shape index (κ2) is 41.0. The van der Waals surface area contributed by atoms with Gasteiger partial charge >= 0.3 is 11.9 Å². The summed E-state index contributed by atoms with van der Waals surface area (Å²) in [5.41, 5.74) is 0. The van der Waals surface area contributed by atoms with Gasteiger partial charge in [-0.2, -0.15) is 0 Å². The van der Waals surface area contributed by atoms with Gasteiger partial charge in [-0.25, -0.2) is 0 Å². The monoisotopic (exact) mass is 977 g/mol. The maximum atomic E-state index is 13.0. The van der Waals surface area contributed by atoms with Gasteiger partial charge in [0.15, 0.2) is 18.7 Å². The molecule has 15 heteroatoms. The molecule has 0 unspecified atom stereocenters. The fraction of sp³-hybridized carbons (Fsp3) is 0.962. The summed E-state index contributed by atoms with van der Waals surface area (Å²) in [5, 5.41) is 72.1. The van der Waals surface area contributed by atoms with E-state index in [-0.39, 0.29) is 26.1 Å². The van der Waals surface area contributed by atoms with Gasteiger partial charge in [-0.05, 0) is 12.8 Å². The van der Waals surface area contributed by atoms with Crippen LogP contribution in [-0.4, -0.2) is 142 Å². The van der Waals surface area contributed by atoms with Gasteiger partial charge in [-0.3, -0.25) is 9.59 Å². The lowest BCUT2D eigenvalue weighted by Crippen LogP contribution is -2.61. The number of aliphatic hydroxyl groups is 7. The first-order valence-corrected chi connectivity index (χ1v) is 27.6. The lowest BCUT2D eigenvalue weighted by Gasteiger charge is -2.42. The molecule has 0 aromatic heterocycles. The van der Waals surface area contributed by atoms with Gasteiger partial charge in [0.05, 0.1) is 19.8 Å². The van der Waals surface area contributed by atoms with Crippen molar-refractivity contribution >= 4 is 11.9 Å². The van der Waals surface area contributed by atoms with Crippen LogP contribution < -0.4 is 0 Å². The Morgan fingerprint density at radius 2 is 0.750 bits per heavy atom. The summed E-state index contributed by atoms with van der Waals surface area (Å²) in [4.78, 5) is 25.8. The van der Waals surface area contributed by atoms with E-state index in [0.29, 0.717) is 12.8 Å². The van der Waals surface area contributed by atoms with Crippen molar-refractivity contribution in [2.24, 2.45) is 0 Å². The Balaban J connectivity index is 1.75. The zero-order chi connectivity index (χ0) is 49.6. The smallest absolute Gasteiger partial charge is 0.306 e. The Morgan fingerprint density at radius 3 is 1.15 bits per heavy atom. The molecule has 2 heterocycles. The van der Waals surface area contributed by atoms with E-state index in [4.69, 9.17) is 28.4 Å². The molecule has 2 saturated heterocycles. The summed E-state index contributed by atoms with van der Waals surface area (Å²) in [5.74, 6) is -0.907. The number of aliphatic hydroxyl groups excluding tert-OH is 7. The normalized spacial score (nSPS) is 25.7. The highest BCUT2D eigenvalue weighted by Crippen LogP contribution is 2.27. The van der Waals surface area contributed by atoms with E-state index < -0.39 is 92.7 Å². The Bertz CT molecular complexity index is 1190. The Morgan fingerprint density at radius 1 is 0.412 bits per heavy atom. The molecule has 2 aliphatic rings. The van der Waals surface area contributed by atoms with E-state index in [1.807, 2.05) is 0 Å². The third kappa shape index (κ3) is 28.5. The molecular weight excluding hydrogens is 877 g/mol. The number of rotatable bonds is 44. The van der Waals surface area contributed by atoms with E-state index in [1.165, 1.54) is 154 Å². The zero-order valence-electron chi connectivity index (χ0n) is 42.6. The predicted octanol–water partition coefficient (Wildman–Crippen LogP) is 8.39. The molecule has 0 aromatic rings. The standard InChI is InChI=1S/C53H100O15/c1-3-5-7-9-11-13-15-17-18-19-20-21-22-24-25-27-29-31-33-35-44(55)63-38-41(66-45(56)36-34-32-30-28-26-23-16-14-12-10-8-6-4-2)39-64-52-51(62)49(60)47(58)43(68-52)40-65-53-50(61)48(59)46(57)42(37-54)67-53/h41-43,46-54,57-62H,3-40H2,1-2H3/t41-,42+,43+,46-,47-,48-,49-,50+,51+,52+,53-/m0/s1. The number of ether oxygens (including phenoxy) is 6. The number of esters is 2.